The SMILES string of the molecule is O=C(c1ccc(F)cc1)[C@H](CCCl)N(C(=O)c1ccc([N+](=O)[O-])cc1)N1C(=O)[C@@H]2CCCC[C@H]2C1=O. The summed E-state index contributed by atoms with van der Waals surface area (Å²) in [6, 6.07) is 7.99. The lowest BCUT2D eigenvalue weighted by Gasteiger charge is -2.36. The van der Waals surface area contributed by atoms with E-state index in [4.69, 9.17) is 11.6 Å². The lowest BCUT2D eigenvalue weighted by atomic mass is 9.81. The molecule has 2 fully saturated rings. The molecule has 3 amide bonds. The highest BCUT2D eigenvalue weighted by Gasteiger charge is 2.53. The summed E-state index contributed by atoms with van der Waals surface area (Å²) < 4.78 is 13.5. The number of nitrogens with zero attached hydrogens (tertiary/aromatic N) is 3. The monoisotopic (exact) mass is 515 g/mol. The Labute approximate surface area is 210 Å². The summed E-state index contributed by atoms with van der Waals surface area (Å²) in [6.07, 6.45) is 2.44. The number of hydrogen-bond donors (Lipinski definition) is 0. The van der Waals surface area contributed by atoms with Crippen LogP contribution in [0.5, 0.6) is 0 Å². The fourth-order valence-corrected chi connectivity index (χ4v) is 5.07. The van der Waals surface area contributed by atoms with Crippen molar-refractivity contribution in [1.82, 2.24) is 10.0 Å². The van der Waals surface area contributed by atoms with Gasteiger partial charge in [-0.15, -0.1) is 11.6 Å². The molecule has 1 saturated heterocycles. The molecule has 1 aliphatic heterocycles. The maximum atomic E-state index is 13.8. The number of alkyl halides is 1. The quantitative estimate of drug-likeness (QED) is 0.171. The zero-order valence-electron chi connectivity index (χ0n) is 19.1. The molecule has 0 unspecified atom stereocenters. The molecule has 1 heterocycles. The summed E-state index contributed by atoms with van der Waals surface area (Å²) in [4.78, 5) is 64.6. The van der Waals surface area contributed by atoms with Gasteiger partial charge in [-0.3, -0.25) is 29.3 Å². The summed E-state index contributed by atoms with van der Waals surface area (Å²) in [6.45, 7) is 0. The topological polar surface area (TPSA) is 118 Å². The second-order valence-electron chi connectivity index (χ2n) is 8.80. The van der Waals surface area contributed by atoms with Gasteiger partial charge >= 0.3 is 0 Å². The van der Waals surface area contributed by atoms with Crippen molar-refractivity contribution in [3.63, 3.8) is 0 Å². The van der Waals surface area contributed by atoms with Crippen molar-refractivity contribution in [3.8, 4) is 0 Å². The van der Waals surface area contributed by atoms with Crippen molar-refractivity contribution in [1.29, 1.82) is 0 Å². The molecule has 0 spiro atoms. The molecule has 0 N–H and O–H groups in total. The average Bonchev–Trinajstić information content (AvgIpc) is 3.13. The third kappa shape index (κ3) is 4.73. The third-order valence-electron chi connectivity index (χ3n) is 6.68. The molecular formula is C25H23ClFN3O6. The Morgan fingerprint density at radius 3 is 2.03 bits per heavy atom. The van der Waals surface area contributed by atoms with Gasteiger partial charge in [0, 0.05) is 29.1 Å². The Kier molecular flexibility index (Phi) is 7.44. The number of halogens is 2. The molecule has 0 aromatic heterocycles. The van der Waals surface area contributed by atoms with Gasteiger partial charge < -0.3 is 0 Å². The summed E-state index contributed by atoms with van der Waals surface area (Å²) >= 11 is 5.99. The number of amides is 3. The number of hydrogen-bond acceptors (Lipinski definition) is 6. The van der Waals surface area contributed by atoms with Crippen LogP contribution in [0.25, 0.3) is 0 Å². The van der Waals surface area contributed by atoms with Crippen LogP contribution < -0.4 is 0 Å². The molecule has 2 aromatic carbocycles. The number of non-ortho nitro benzene ring substituents is 1. The minimum atomic E-state index is -1.34. The van der Waals surface area contributed by atoms with Crippen molar-refractivity contribution in [2.45, 2.75) is 38.1 Å². The van der Waals surface area contributed by atoms with Crippen molar-refractivity contribution in [2.24, 2.45) is 11.8 Å². The number of Topliss-reactive ketones (excluding diaryl/α,β-unsaturated/α-hetero) is 1. The van der Waals surface area contributed by atoms with Crippen LogP contribution in [0, 0.1) is 27.8 Å². The number of nitro benzene ring substituents is 1. The summed E-state index contributed by atoms with van der Waals surface area (Å²) in [5.74, 6) is -4.42. The maximum Gasteiger partial charge on any atom is 0.273 e. The molecule has 1 aliphatic carbocycles. The molecule has 3 atom stereocenters. The molecule has 1 saturated carbocycles. The van der Waals surface area contributed by atoms with E-state index in [-0.39, 0.29) is 29.1 Å². The molecule has 0 radical (unpaired) electrons. The number of fused-ring (bicyclic) bond motifs is 1. The van der Waals surface area contributed by atoms with Crippen molar-refractivity contribution in [2.75, 3.05) is 5.88 Å². The first-order valence-electron chi connectivity index (χ1n) is 11.6. The van der Waals surface area contributed by atoms with Crippen LogP contribution in [0.3, 0.4) is 0 Å². The molecule has 0 bridgehead atoms. The number of carbonyl (C=O) groups is 4. The predicted molar refractivity (Wildman–Crippen MR) is 126 cm³/mol. The van der Waals surface area contributed by atoms with Crippen LogP contribution >= 0.6 is 11.6 Å². The van der Waals surface area contributed by atoms with Gasteiger partial charge in [0.1, 0.15) is 11.9 Å². The fraction of sp³-hybridized carbons (Fsp3) is 0.360. The van der Waals surface area contributed by atoms with E-state index in [0.29, 0.717) is 12.8 Å². The first kappa shape index (κ1) is 25.4. The molecule has 2 aromatic rings. The number of rotatable bonds is 8. The van der Waals surface area contributed by atoms with E-state index in [9.17, 15) is 33.7 Å². The number of nitro groups is 1. The van der Waals surface area contributed by atoms with Crippen molar-refractivity contribution >= 4 is 40.8 Å². The largest absolute Gasteiger partial charge is 0.292 e. The number of ketones is 1. The van der Waals surface area contributed by atoms with E-state index in [2.05, 4.69) is 0 Å². The number of imide groups is 1. The van der Waals surface area contributed by atoms with Crippen LogP contribution in [-0.4, -0.2) is 50.4 Å². The normalized spacial score (nSPS) is 20.1. The summed E-state index contributed by atoms with van der Waals surface area (Å²) in [5.41, 5.74) is -0.232. The molecule has 11 heteroatoms. The molecule has 36 heavy (non-hydrogen) atoms. The number of hydrazine groups is 1. The Morgan fingerprint density at radius 1 is 1.00 bits per heavy atom. The van der Waals surface area contributed by atoms with Crippen LogP contribution in [0.1, 0.15) is 52.8 Å². The lowest BCUT2D eigenvalue weighted by Crippen LogP contribution is -2.57. The second-order valence-corrected chi connectivity index (χ2v) is 9.18. The minimum Gasteiger partial charge on any atom is -0.292 e. The fourth-order valence-electron chi connectivity index (χ4n) is 4.86. The van der Waals surface area contributed by atoms with E-state index >= 15 is 0 Å². The highest BCUT2D eigenvalue weighted by atomic mass is 35.5. The highest BCUT2D eigenvalue weighted by molar-refractivity contribution is 6.18. The van der Waals surface area contributed by atoms with Gasteiger partial charge in [-0.05, 0) is 55.7 Å². The Balaban J connectivity index is 1.79. The Hall–Kier alpha value is -3.66. The average molecular weight is 516 g/mol. The molecular weight excluding hydrogens is 493 g/mol. The standard InChI is InChI=1S/C25H23ClFN3O6/c26-14-13-21(22(31)15-5-9-17(27)10-6-15)28(23(32)16-7-11-18(12-8-16)30(35)36)29-24(33)19-3-1-2-4-20(19)25(29)34/h5-12,19-21H,1-4,13-14H2/t19-,20-,21+/m1/s1. The van der Waals surface area contributed by atoms with Crippen LogP contribution in [0.15, 0.2) is 48.5 Å². The number of benzene rings is 2. The first-order chi connectivity index (χ1) is 17.2. The van der Waals surface area contributed by atoms with E-state index in [0.717, 1.165) is 47.1 Å². The van der Waals surface area contributed by atoms with Gasteiger partial charge in [-0.25, -0.2) is 9.40 Å². The van der Waals surface area contributed by atoms with E-state index in [1.54, 1.807) is 0 Å². The van der Waals surface area contributed by atoms with Crippen molar-refractivity contribution < 1.29 is 28.5 Å². The zero-order valence-corrected chi connectivity index (χ0v) is 19.9. The maximum absolute atomic E-state index is 13.8. The summed E-state index contributed by atoms with van der Waals surface area (Å²) in [7, 11) is 0. The summed E-state index contributed by atoms with van der Waals surface area (Å²) in [5, 5.41) is 12.7. The van der Waals surface area contributed by atoms with E-state index in [1.165, 1.54) is 24.3 Å². The molecule has 4 rings (SSSR count). The van der Waals surface area contributed by atoms with Crippen molar-refractivity contribution in [3.05, 3.63) is 75.6 Å². The van der Waals surface area contributed by atoms with E-state index < -0.39 is 52.1 Å². The Bertz CT molecular complexity index is 1180. The lowest BCUT2D eigenvalue weighted by molar-refractivity contribution is -0.384. The van der Waals surface area contributed by atoms with Gasteiger partial charge in [0.2, 0.25) is 0 Å². The van der Waals surface area contributed by atoms with E-state index in [1.807, 2.05) is 0 Å². The van der Waals surface area contributed by atoms with Gasteiger partial charge in [-0.2, -0.15) is 5.01 Å². The van der Waals surface area contributed by atoms with Gasteiger partial charge in [0.25, 0.3) is 23.4 Å². The predicted octanol–water partition coefficient (Wildman–Crippen LogP) is 4.15. The highest BCUT2D eigenvalue weighted by Crippen LogP contribution is 2.40. The zero-order chi connectivity index (χ0) is 26.0. The first-order valence-corrected chi connectivity index (χ1v) is 12.1. The Morgan fingerprint density at radius 2 is 1.53 bits per heavy atom. The third-order valence-corrected chi connectivity index (χ3v) is 6.89. The van der Waals surface area contributed by atoms with Gasteiger partial charge in [-0.1, -0.05) is 12.8 Å². The van der Waals surface area contributed by atoms with Crippen LogP contribution in [-0.2, 0) is 9.59 Å². The molecule has 9 nitrogen and oxygen atoms in total. The van der Waals surface area contributed by atoms with Crippen LogP contribution in [0.4, 0.5) is 10.1 Å². The minimum absolute atomic E-state index is 0.0532. The second kappa shape index (κ2) is 10.5. The number of carbonyl (C=O) groups excluding carboxylic acids is 4. The molecule has 2 aliphatic rings. The smallest absolute Gasteiger partial charge is 0.273 e. The van der Waals surface area contributed by atoms with Gasteiger partial charge in [0.15, 0.2) is 5.78 Å². The van der Waals surface area contributed by atoms with Gasteiger partial charge in [0.05, 0.1) is 16.8 Å². The van der Waals surface area contributed by atoms with Crippen LogP contribution in [0.2, 0.25) is 0 Å². The molecule has 188 valence electrons.